The van der Waals surface area contributed by atoms with Crippen molar-refractivity contribution in [1.29, 1.82) is 0 Å². The van der Waals surface area contributed by atoms with E-state index in [0.29, 0.717) is 25.4 Å². The van der Waals surface area contributed by atoms with Crippen molar-refractivity contribution in [2.24, 2.45) is 13.0 Å². The summed E-state index contributed by atoms with van der Waals surface area (Å²) in [5.41, 5.74) is 2.49. The fraction of sp³-hybridized carbons (Fsp3) is 0.389. The first-order valence-electron chi connectivity index (χ1n) is 8.36. The second-order valence-electron chi connectivity index (χ2n) is 6.53. The van der Waals surface area contributed by atoms with Crippen LogP contribution < -0.4 is 0 Å². The first-order valence-corrected chi connectivity index (χ1v) is 8.36. The first-order chi connectivity index (χ1) is 12.2. The highest BCUT2D eigenvalue weighted by atomic mass is 16.5. The SMILES string of the molecule is COC[C@H]1CN(C(=O)c2nn(C)c3ccccc23)Cc2cncn2C1. The van der Waals surface area contributed by atoms with Crippen molar-refractivity contribution in [2.45, 2.75) is 13.1 Å². The number of hydrogen-bond donors (Lipinski definition) is 0. The molecule has 0 bridgehead atoms. The van der Waals surface area contributed by atoms with Crippen LogP contribution in [0.2, 0.25) is 0 Å². The number of carbonyl (C=O) groups is 1. The molecule has 1 aliphatic rings. The zero-order valence-corrected chi connectivity index (χ0v) is 14.4. The Balaban J connectivity index is 1.70. The van der Waals surface area contributed by atoms with E-state index in [1.54, 1.807) is 11.8 Å². The van der Waals surface area contributed by atoms with E-state index in [1.165, 1.54) is 0 Å². The molecule has 1 atom stereocenters. The third kappa shape index (κ3) is 2.80. The summed E-state index contributed by atoms with van der Waals surface area (Å²) in [6.07, 6.45) is 3.65. The van der Waals surface area contributed by atoms with Crippen molar-refractivity contribution in [3.63, 3.8) is 0 Å². The highest BCUT2D eigenvalue weighted by Crippen LogP contribution is 2.22. The average Bonchev–Trinajstić information content (AvgIpc) is 3.14. The van der Waals surface area contributed by atoms with Gasteiger partial charge < -0.3 is 14.2 Å². The van der Waals surface area contributed by atoms with Crippen LogP contribution in [0.15, 0.2) is 36.8 Å². The molecule has 0 radical (unpaired) electrons. The maximum atomic E-state index is 13.2. The number of ether oxygens (including phenoxy) is 1. The molecule has 1 aliphatic heterocycles. The highest BCUT2D eigenvalue weighted by molar-refractivity contribution is 6.04. The van der Waals surface area contributed by atoms with Crippen LogP contribution in [0.4, 0.5) is 0 Å². The Bertz CT molecular complexity index is 913. The normalized spacial score (nSPS) is 17.5. The number of para-hydroxylation sites is 1. The van der Waals surface area contributed by atoms with Crippen molar-refractivity contribution < 1.29 is 9.53 Å². The molecular formula is C18H21N5O2. The zero-order valence-electron chi connectivity index (χ0n) is 14.4. The summed E-state index contributed by atoms with van der Waals surface area (Å²) < 4.78 is 9.21. The van der Waals surface area contributed by atoms with Crippen molar-refractivity contribution in [2.75, 3.05) is 20.3 Å². The Morgan fingerprint density at radius 3 is 3.00 bits per heavy atom. The highest BCUT2D eigenvalue weighted by Gasteiger charge is 2.28. The van der Waals surface area contributed by atoms with Gasteiger partial charge in [0, 0.05) is 44.7 Å². The van der Waals surface area contributed by atoms with E-state index < -0.39 is 0 Å². The Morgan fingerprint density at radius 2 is 2.16 bits per heavy atom. The number of fused-ring (bicyclic) bond motifs is 2. The van der Waals surface area contributed by atoms with Crippen LogP contribution in [0.5, 0.6) is 0 Å². The van der Waals surface area contributed by atoms with Crippen LogP contribution >= 0.6 is 0 Å². The first kappa shape index (κ1) is 15.8. The van der Waals surface area contributed by atoms with Gasteiger partial charge in [0.15, 0.2) is 5.69 Å². The molecule has 7 heteroatoms. The standard InChI is InChI=1S/C18H21N5O2/c1-21-16-6-4-3-5-15(16)17(20-21)18(24)22-8-13(11-25-2)9-23-12-19-7-14(23)10-22/h3-7,12-13H,8-11H2,1-2H3/t13-/m0/s1. The number of hydrogen-bond acceptors (Lipinski definition) is 4. The molecule has 1 aromatic carbocycles. The molecule has 0 N–H and O–H groups in total. The molecule has 2 aromatic heterocycles. The Morgan fingerprint density at radius 1 is 1.32 bits per heavy atom. The van der Waals surface area contributed by atoms with Gasteiger partial charge in [-0.2, -0.15) is 5.10 Å². The molecule has 0 fully saturated rings. The van der Waals surface area contributed by atoms with Crippen LogP contribution in [0, 0.1) is 5.92 Å². The monoisotopic (exact) mass is 339 g/mol. The average molecular weight is 339 g/mol. The second-order valence-corrected chi connectivity index (χ2v) is 6.53. The van der Waals surface area contributed by atoms with Gasteiger partial charge in [-0.1, -0.05) is 18.2 Å². The molecule has 1 amide bonds. The molecule has 0 saturated heterocycles. The number of imidazole rings is 1. The molecule has 0 unspecified atom stereocenters. The van der Waals surface area contributed by atoms with Gasteiger partial charge >= 0.3 is 0 Å². The van der Waals surface area contributed by atoms with Crippen LogP contribution in [0.3, 0.4) is 0 Å². The minimum atomic E-state index is -0.0486. The number of amides is 1. The summed E-state index contributed by atoms with van der Waals surface area (Å²) in [5.74, 6) is 0.173. The molecule has 3 heterocycles. The number of benzene rings is 1. The van der Waals surface area contributed by atoms with Gasteiger partial charge in [0.05, 0.1) is 30.7 Å². The quantitative estimate of drug-likeness (QED) is 0.728. The Labute approximate surface area is 145 Å². The summed E-state index contributed by atoms with van der Waals surface area (Å²) in [6.45, 7) is 2.57. The number of aryl methyl sites for hydroxylation is 1. The predicted octanol–water partition coefficient (Wildman–Crippen LogP) is 1.69. The summed E-state index contributed by atoms with van der Waals surface area (Å²) in [6, 6.07) is 7.82. The lowest BCUT2D eigenvalue weighted by Crippen LogP contribution is -2.35. The third-order valence-corrected chi connectivity index (χ3v) is 4.73. The van der Waals surface area contributed by atoms with Gasteiger partial charge in [-0.05, 0) is 6.07 Å². The van der Waals surface area contributed by atoms with Gasteiger partial charge in [-0.3, -0.25) is 9.48 Å². The molecule has 130 valence electrons. The van der Waals surface area contributed by atoms with Crippen LogP contribution in [0.25, 0.3) is 10.9 Å². The van der Waals surface area contributed by atoms with Crippen LogP contribution in [-0.4, -0.2) is 50.4 Å². The van der Waals surface area contributed by atoms with E-state index in [1.807, 2.05) is 48.7 Å². The lowest BCUT2D eigenvalue weighted by molar-refractivity contribution is 0.0662. The van der Waals surface area contributed by atoms with Crippen molar-refractivity contribution >= 4 is 16.8 Å². The van der Waals surface area contributed by atoms with Gasteiger partial charge in [0.2, 0.25) is 0 Å². The topological polar surface area (TPSA) is 65.2 Å². The van der Waals surface area contributed by atoms with Gasteiger partial charge in [-0.15, -0.1) is 0 Å². The van der Waals surface area contributed by atoms with Gasteiger partial charge in [0.1, 0.15) is 0 Å². The Hall–Kier alpha value is -2.67. The molecule has 25 heavy (non-hydrogen) atoms. The Kier molecular flexibility index (Phi) is 4.01. The smallest absolute Gasteiger partial charge is 0.275 e. The van der Waals surface area contributed by atoms with E-state index >= 15 is 0 Å². The molecular weight excluding hydrogens is 318 g/mol. The van der Waals surface area contributed by atoms with E-state index in [0.717, 1.165) is 23.1 Å². The number of rotatable bonds is 3. The lowest BCUT2D eigenvalue weighted by atomic mass is 10.1. The van der Waals surface area contributed by atoms with E-state index in [-0.39, 0.29) is 11.8 Å². The van der Waals surface area contributed by atoms with Crippen molar-refractivity contribution in [3.05, 3.63) is 48.2 Å². The molecule has 4 rings (SSSR count). The van der Waals surface area contributed by atoms with E-state index in [2.05, 4.69) is 14.6 Å². The number of aromatic nitrogens is 4. The zero-order chi connectivity index (χ0) is 17.4. The van der Waals surface area contributed by atoms with Crippen molar-refractivity contribution in [1.82, 2.24) is 24.2 Å². The number of nitrogens with zero attached hydrogens (tertiary/aromatic N) is 5. The predicted molar refractivity (Wildman–Crippen MR) is 93.0 cm³/mol. The molecule has 0 saturated carbocycles. The maximum absolute atomic E-state index is 13.2. The largest absolute Gasteiger partial charge is 0.384 e. The fourth-order valence-electron chi connectivity index (χ4n) is 3.57. The summed E-state index contributed by atoms with van der Waals surface area (Å²) >= 11 is 0. The molecule has 0 spiro atoms. The minimum Gasteiger partial charge on any atom is -0.384 e. The number of carbonyl (C=O) groups excluding carboxylic acids is 1. The third-order valence-electron chi connectivity index (χ3n) is 4.73. The van der Waals surface area contributed by atoms with Crippen LogP contribution in [-0.2, 0) is 24.9 Å². The van der Waals surface area contributed by atoms with E-state index in [9.17, 15) is 4.79 Å². The minimum absolute atomic E-state index is 0.0486. The van der Waals surface area contributed by atoms with Gasteiger partial charge in [0.25, 0.3) is 5.91 Å². The fourth-order valence-corrected chi connectivity index (χ4v) is 3.57. The van der Waals surface area contributed by atoms with Crippen molar-refractivity contribution in [3.8, 4) is 0 Å². The summed E-state index contributed by atoms with van der Waals surface area (Å²) in [7, 11) is 3.56. The second kappa shape index (κ2) is 6.33. The number of methoxy groups -OCH3 is 1. The lowest BCUT2D eigenvalue weighted by Gasteiger charge is -2.23. The van der Waals surface area contributed by atoms with E-state index in [4.69, 9.17) is 4.74 Å². The molecule has 3 aromatic rings. The maximum Gasteiger partial charge on any atom is 0.275 e. The van der Waals surface area contributed by atoms with Crippen LogP contribution in [0.1, 0.15) is 16.2 Å². The summed E-state index contributed by atoms with van der Waals surface area (Å²) in [5, 5.41) is 5.37. The molecule has 0 aliphatic carbocycles. The van der Waals surface area contributed by atoms with Gasteiger partial charge in [-0.25, -0.2) is 4.98 Å². The molecule has 7 nitrogen and oxygen atoms in total. The summed E-state index contributed by atoms with van der Waals surface area (Å²) in [4.78, 5) is 19.3.